The second-order valence-electron chi connectivity index (χ2n) is 4.51. The highest BCUT2D eigenvalue weighted by atomic mass is 127. The topological polar surface area (TPSA) is 72.8 Å². The van der Waals surface area contributed by atoms with Crippen molar-refractivity contribution in [2.24, 2.45) is 10.7 Å². The Hall–Kier alpha value is -1.06. The van der Waals surface area contributed by atoms with Crippen molar-refractivity contribution in [2.75, 3.05) is 19.7 Å². The van der Waals surface area contributed by atoms with Crippen molar-refractivity contribution in [2.45, 2.75) is 19.4 Å². The van der Waals surface area contributed by atoms with Gasteiger partial charge in [0.25, 0.3) is 0 Å². The Bertz CT molecular complexity index is 515. The fraction of sp³-hybridized carbons (Fsp3) is 0.400. The molecule has 22 heavy (non-hydrogen) atoms. The van der Waals surface area contributed by atoms with Gasteiger partial charge in [0, 0.05) is 24.6 Å². The molecule has 0 aromatic carbocycles. The number of nitrogens with two attached hydrogens (primary N) is 1. The van der Waals surface area contributed by atoms with Gasteiger partial charge >= 0.3 is 0 Å². The summed E-state index contributed by atoms with van der Waals surface area (Å²) < 4.78 is 10.6. The van der Waals surface area contributed by atoms with E-state index in [0.29, 0.717) is 25.7 Å². The van der Waals surface area contributed by atoms with Crippen molar-refractivity contribution < 1.29 is 9.15 Å². The molecule has 2 aromatic rings. The number of aliphatic imine (C=N–C) groups is 1. The van der Waals surface area contributed by atoms with E-state index in [9.17, 15) is 0 Å². The number of halogens is 1. The van der Waals surface area contributed by atoms with E-state index in [0.717, 1.165) is 25.1 Å². The number of rotatable bonds is 9. The number of furan rings is 1. The van der Waals surface area contributed by atoms with Crippen molar-refractivity contribution in [3.63, 3.8) is 0 Å². The van der Waals surface area contributed by atoms with Gasteiger partial charge in [-0.2, -0.15) is 0 Å². The minimum atomic E-state index is 0. The molecule has 2 heterocycles. The Labute approximate surface area is 152 Å². The Morgan fingerprint density at radius 1 is 1.36 bits per heavy atom. The molecule has 0 saturated heterocycles. The molecule has 0 atom stereocenters. The zero-order valence-corrected chi connectivity index (χ0v) is 15.5. The van der Waals surface area contributed by atoms with Crippen LogP contribution in [0.4, 0.5) is 0 Å². The molecular weight excluding hydrogens is 413 g/mol. The molecular formula is C15H22IN3O2S. The van der Waals surface area contributed by atoms with Crippen molar-refractivity contribution in [3.8, 4) is 0 Å². The highest BCUT2D eigenvalue weighted by Gasteiger charge is 1.96. The maximum atomic E-state index is 5.79. The van der Waals surface area contributed by atoms with Crippen molar-refractivity contribution in [3.05, 3.63) is 46.5 Å². The lowest BCUT2D eigenvalue weighted by Gasteiger charge is -2.05. The zero-order chi connectivity index (χ0) is 14.8. The van der Waals surface area contributed by atoms with Gasteiger partial charge in [0.05, 0.1) is 6.26 Å². The minimum absolute atomic E-state index is 0. The first-order chi connectivity index (χ1) is 10.3. The molecule has 0 spiro atoms. The van der Waals surface area contributed by atoms with Gasteiger partial charge in [-0.15, -0.1) is 35.3 Å². The van der Waals surface area contributed by atoms with Crippen LogP contribution in [0.25, 0.3) is 0 Å². The fourth-order valence-corrected chi connectivity index (χ4v) is 2.47. The van der Waals surface area contributed by atoms with Crippen LogP contribution in [-0.2, 0) is 17.8 Å². The normalized spacial score (nSPS) is 11.2. The number of nitrogens with one attached hydrogen (secondary N) is 1. The van der Waals surface area contributed by atoms with Gasteiger partial charge in [-0.25, -0.2) is 0 Å². The second kappa shape index (κ2) is 11.5. The van der Waals surface area contributed by atoms with Crippen LogP contribution in [0.15, 0.2) is 45.3 Å². The average molecular weight is 435 g/mol. The summed E-state index contributed by atoms with van der Waals surface area (Å²) in [6.45, 7) is 2.62. The summed E-state index contributed by atoms with van der Waals surface area (Å²) in [5.41, 5.74) is 5.79. The molecule has 0 radical (unpaired) electrons. The number of guanidine groups is 1. The van der Waals surface area contributed by atoms with Crippen LogP contribution in [-0.4, -0.2) is 25.7 Å². The number of hydrogen-bond donors (Lipinski definition) is 2. The molecule has 0 aliphatic carbocycles. The standard InChI is InChI=1S/C15H21N3O2S.HI/c16-15(18-8-6-14-5-2-11-21-14)17-7-3-9-19-12-13-4-1-10-20-13;/h1-2,4-5,10-11H,3,6-9,12H2,(H3,16,17,18);1H. The fourth-order valence-electron chi connectivity index (χ4n) is 1.76. The molecule has 3 N–H and O–H groups in total. The maximum Gasteiger partial charge on any atom is 0.188 e. The van der Waals surface area contributed by atoms with E-state index in [4.69, 9.17) is 14.9 Å². The van der Waals surface area contributed by atoms with Gasteiger partial charge in [0.1, 0.15) is 12.4 Å². The van der Waals surface area contributed by atoms with Crippen molar-refractivity contribution in [1.29, 1.82) is 0 Å². The second-order valence-corrected chi connectivity index (χ2v) is 5.54. The Kier molecular flexibility index (Phi) is 9.93. The Morgan fingerprint density at radius 3 is 3.00 bits per heavy atom. The molecule has 5 nitrogen and oxygen atoms in total. The Morgan fingerprint density at radius 2 is 2.27 bits per heavy atom. The summed E-state index contributed by atoms with van der Waals surface area (Å²) in [6.07, 6.45) is 3.46. The lowest BCUT2D eigenvalue weighted by molar-refractivity contribution is 0.105. The van der Waals surface area contributed by atoms with Gasteiger partial charge in [-0.1, -0.05) is 6.07 Å². The lowest BCUT2D eigenvalue weighted by atomic mass is 10.3. The average Bonchev–Trinajstić information content (AvgIpc) is 3.16. The van der Waals surface area contributed by atoms with Crippen molar-refractivity contribution >= 4 is 41.3 Å². The van der Waals surface area contributed by atoms with E-state index in [2.05, 4.69) is 27.8 Å². The molecule has 0 unspecified atom stereocenters. The highest BCUT2D eigenvalue weighted by molar-refractivity contribution is 14.0. The minimum Gasteiger partial charge on any atom is -0.467 e. The van der Waals surface area contributed by atoms with Gasteiger partial charge in [-0.3, -0.25) is 4.99 Å². The summed E-state index contributed by atoms with van der Waals surface area (Å²) in [6, 6.07) is 7.93. The number of nitrogens with zero attached hydrogens (tertiary/aromatic N) is 1. The quantitative estimate of drug-likeness (QED) is 0.275. The van der Waals surface area contributed by atoms with E-state index < -0.39 is 0 Å². The predicted molar refractivity (Wildman–Crippen MR) is 101 cm³/mol. The Balaban J connectivity index is 0.00000242. The SMILES string of the molecule is I.NC(=NCCCOCc1ccco1)NCCc1cccs1. The summed E-state index contributed by atoms with van der Waals surface area (Å²) in [5, 5.41) is 5.19. The maximum absolute atomic E-state index is 5.79. The molecule has 2 rings (SSSR count). The molecule has 0 aliphatic heterocycles. The summed E-state index contributed by atoms with van der Waals surface area (Å²) in [7, 11) is 0. The molecule has 2 aromatic heterocycles. The first-order valence-corrected chi connectivity index (χ1v) is 7.89. The van der Waals surface area contributed by atoms with Crippen LogP contribution in [0.3, 0.4) is 0 Å². The third-order valence-corrected chi connectivity index (χ3v) is 3.75. The van der Waals surface area contributed by atoms with Gasteiger partial charge in [0.15, 0.2) is 5.96 Å². The molecule has 7 heteroatoms. The summed E-state index contributed by atoms with van der Waals surface area (Å²) in [4.78, 5) is 5.61. The third kappa shape index (κ3) is 7.81. The number of ether oxygens (including phenoxy) is 1. The predicted octanol–water partition coefficient (Wildman–Crippen LogP) is 3.01. The lowest BCUT2D eigenvalue weighted by Crippen LogP contribution is -2.33. The van der Waals surface area contributed by atoms with E-state index in [1.807, 2.05) is 12.1 Å². The van der Waals surface area contributed by atoms with E-state index >= 15 is 0 Å². The molecule has 122 valence electrons. The number of thiophene rings is 1. The van der Waals surface area contributed by atoms with Gasteiger partial charge in [0.2, 0.25) is 0 Å². The summed E-state index contributed by atoms with van der Waals surface area (Å²) >= 11 is 1.76. The molecule has 0 fully saturated rings. The van der Waals surface area contributed by atoms with Gasteiger partial charge < -0.3 is 20.2 Å². The molecule has 0 bridgehead atoms. The van der Waals surface area contributed by atoms with Gasteiger partial charge in [-0.05, 0) is 36.4 Å². The van der Waals surface area contributed by atoms with Crippen LogP contribution < -0.4 is 11.1 Å². The van der Waals surface area contributed by atoms with E-state index in [1.165, 1.54) is 4.88 Å². The van der Waals surface area contributed by atoms with Crippen molar-refractivity contribution in [1.82, 2.24) is 5.32 Å². The monoisotopic (exact) mass is 435 g/mol. The van der Waals surface area contributed by atoms with Crippen LogP contribution in [0.1, 0.15) is 17.1 Å². The van der Waals surface area contributed by atoms with Crippen LogP contribution >= 0.6 is 35.3 Å². The molecule has 0 saturated carbocycles. The van der Waals surface area contributed by atoms with E-state index in [-0.39, 0.29) is 24.0 Å². The molecule has 0 aliphatic rings. The number of hydrogen-bond acceptors (Lipinski definition) is 4. The molecule has 0 amide bonds. The highest BCUT2D eigenvalue weighted by Crippen LogP contribution is 2.07. The third-order valence-electron chi connectivity index (χ3n) is 2.81. The van der Waals surface area contributed by atoms with Crippen LogP contribution in [0.2, 0.25) is 0 Å². The van der Waals surface area contributed by atoms with E-state index in [1.54, 1.807) is 17.6 Å². The first kappa shape index (κ1) is 19.0. The summed E-state index contributed by atoms with van der Waals surface area (Å²) in [5.74, 6) is 1.34. The zero-order valence-electron chi connectivity index (χ0n) is 12.4. The van der Waals surface area contributed by atoms with Crippen LogP contribution in [0.5, 0.6) is 0 Å². The van der Waals surface area contributed by atoms with Crippen LogP contribution in [0, 0.1) is 0 Å². The first-order valence-electron chi connectivity index (χ1n) is 7.01. The largest absolute Gasteiger partial charge is 0.467 e. The smallest absolute Gasteiger partial charge is 0.188 e.